The first-order chi connectivity index (χ1) is 17.5. The molecule has 37 heavy (non-hydrogen) atoms. The number of ether oxygens (including phenoxy) is 3. The predicted octanol–water partition coefficient (Wildman–Crippen LogP) is 6.56. The molecule has 0 saturated carbocycles. The van der Waals surface area contributed by atoms with Gasteiger partial charge in [-0.3, -0.25) is 4.68 Å². The van der Waals surface area contributed by atoms with Gasteiger partial charge in [0.15, 0.2) is 0 Å². The fourth-order valence-corrected chi connectivity index (χ4v) is 4.68. The van der Waals surface area contributed by atoms with Crippen LogP contribution in [0.15, 0.2) is 36.8 Å². The highest BCUT2D eigenvalue weighted by Gasteiger charge is 2.24. The number of aliphatic hydroxyl groups is 1. The third kappa shape index (κ3) is 10.2. The van der Waals surface area contributed by atoms with E-state index in [0.29, 0.717) is 37.9 Å². The maximum atomic E-state index is 10.2. The van der Waals surface area contributed by atoms with Crippen molar-refractivity contribution in [3.63, 3.8) is 0 Å². The molecule has 2 rings (SSSR count). The van der Waals surface area contributed by atoms with E-state index in [1.165, 1.54) is 22.4 Å². The van der Waals surface area contributed by atoms with Crippen molar-refractivity contribution >= 4 is 0 Å². The Bertz CT molecular complexity index is 947. The van der Waals surface area contributed by atoms with Gasteiger partial charge in [0, 0.05) is 30.1 Å². The van der Waals surface area contributed by atoms with E-state index >= 15 is 0 Å². The average molecular weight is 515 g/mol. The molecule has 2 aromatic rings. The number of hydrogen-bond donors (Lipinski definition) is 1. The van der Waals surface area contributed by atoms with Crippen molar-refractivity contribution < 1.29 is 19.3 Å². The van der Waals surface area contributed by atoms with Gasteiger partial charge < -0.3 is 19.3 Å². The topological polar surface area (TPSA) is 65.7 Å². The zero-order valence-corrected chi connectivity index (χ0v) is 24.4. The fourth-order valence-electron chi connectivity index (χ4n) is 4.68. The summed E-state index contributed by atoms with van der Waals surface area (Å²) in [4.78, 5) is 0. The molecule has 0 spiro atoms. The Kier molecular flexibility index (Phi) is 12.7. The van der Waals surface area contributed by atoms with Crippen LogP contribution in [0.4, 0.5) is 0 Å². The predicted molar refractivity (Wildman–Crippen MR) is 151 cm³/mol. The zero-order valence-electron chi connectivity index (χ0n) is 24.4. The van der Waals surface area contributed by atoms with Crippen molar-refractivity contribution in [3.05, 3.63) is 64.9 Å². The molecule has 0 aliphatic heterocycles. The number of aliphatic hydroxyl groups excluding tert-OH is 1. The van der Waals surface area contributed by atoms with E-state index in [-0.39, 0.29) is 18.2 Å². The summed E-state index contributed by atoms with van der Waals surface area (Å²) in [6.45, 7) is 21.4. The van der Waals surface area contributed by atoms with E-state index in [4.69, 9.17) is 19.3 Å². The number of benzene rings is 1. The molecular weight excluding hydrogens is 464 g/mol. The van der Waals surface area contributed by atoms with Crippen molar-refractivity contribution in [2.45, 2.75) is 112 Å². The monoisotopic (exact) mass is 514 g/mol. The van der Waals surface area contributed by atoms with Gasteiger partial charge >= 0.3 is 0 Å². The Morgan fingerprint density at radius 2 is 1.62 bits per heavy atom. The number of hydrogen-bond acceptors (Lipinski definition) is 5. The van der Waals surface area contributed by atoms with Gasteiger partial charge in [-0.05, 0) is 77.5 Å². The molecule has 0 unspecified atom stereocenters. The van der Waals surface area contributed by atoms with Crippen LogP contribution in [0.25, 0.3) is 0 Å². The Hall–Kier alpha value is -2.31. The maximum absolute atomic E-state index is 10.2. The average Bonchev–Trinajstić information content (AvgIpc) is 3.12. The van der Waals surface area contributed by atoms with E-state index in [0.717, 1.165) is 25.0 Å². The largest absolute Gasteiger partial charge is 0.466 e. The van der Waals surface area contributed by atoms with Crippen LogP contribution < -0.4 is 0 Å². The van der Waals surface area contributed by atoms with Gasteiger partial charge in [0.2, 0.25) is 0 Å². The van der Waals surface area contributed by atoms with Gasteiger partial charge in [-0.15, -0.1) is 0 Å². The van der Waals surface area contributed by atoms with Crippen LogP contribution in [0, 0.1) is 12.8 Å². The lowest BCUT2D eigenvalue weighted by atomic mass is 9.96. The second kappa shape index (κ2) is 15.2. The van der Waals surface area contributed by atoms with Crippen LogP contribution in [0.3, 0.4) is 0 Å². The third-order valence-corrected chi connectivity index (χ3v) is 6.49. The molecule has 0 amide bonds. The molecule has 1 heterocycles. The van der Waals surface area contributed by atoms with Crippen LogP contribution >= 0.6 is 0 Å². The van der Waals surface area contributed by atoms with E-state index in [2.05, 4.69) is 77.1 Å². The van der Waals surface area contributed by atoms with Crippen molar-refractivity contribution in [2.24, 2.45) is 5.92 Å². The minimum absolute atomic E-state index is 0.133. The van der Waals surface area contributed by atoms with Gasteiger partial charge in [0.05, 0.1) is 30.6 Å². The molecule has 3 atom stereocenters. The number of nitrogens with zero attached hydrogens (tertiary/aromatic N) is 2. The zero-order chi connectivity index (χ0) is 27.5. The molecule has 0 saturated heterocycles. The van der Waals surface area contributed by atoms with E-state index in [1.807, 2.05) is 13.8 Å². The molecule has 0 fully saturated rings. The first-order valence-electron chi connectivity index (χ1n) is 14.0. The van der Waals surface area contributed by atoms with Crippen LogP contribution in [0.5, 0.6) is 0 Å². The molecule has 1 N–H and O–H groups in total. The normalized spacial score (nSPS) is 14.1. The maximum Gasteiger partial charge on any atom is 0.271 e. The van der Waals surface area contributed by atoms with E-state index < -0.39 is 6.10 Å². The minimum Gasteiger partial charge on any atom is -0.466 e. The smallest absolute Gasteiger partial charge is 0.271 e. The summed E-state index contributed by atoms with van der Waals surface area (Å²) in [7, 11) is 0. The molecular formula is C31H50N2O4. The van der Waals surface area contributed by atoms with Gasteiger partial charge in [-0.1, -0.05) is 45.0 Å². The van der Waals surface area contributed by atoms with Crippen molar-refractivity contribution in [2.75, 3.05) is 13.2 Å². The Morgan fingerprint density at radius 1 is 0.973 bits per heavy atom. The highest BCUT2D eigenvalue weighted by atomic mass is 16.7. The van der Waals surface area contributed by atoms with Gasteiger partial charge in [0.25, 0.3) is 5.95 Å². The molecule has 208 valence electrons. The Balaban J connectivity index is 2.26. The SMILES string of the molecule is C=C(OCC)OC[C@H](CC)O[C@@H](Cc1nn(C(C)C)c(C)c1Cc1ccc(CC(C)C)cc1)C[C@H](C)O. The number of rotatable bonds is 17. The second-order valence-electron chi connectivity index (χ2n) is 10.8. The van der Waals surface area contributed by atoms with Crippen LogP contribution in [-0.4, -0.2) is 46.4 Å². The van der Waals surface area contributed by atoms with Crippen molar-refractivity contribution in [3.8, 4) is 0 Å². The summed E-state index contributed by atoms with van der Waals surface area (Å²) < 4.78 is 19.6. The highest BCUT2D eigenvalue weighted by Crippen LogP contribution is 2.25. The summed E-state index contributed by atoms with van der Waals surface area (Å²) >= 11 is 0. The van der Waals surface area contributed by atoms with Gasteiger partial charge in [-0.2, -0.15) is 5.10 Å². The Labute approximate surface area is 225 Å². The first-order valence-corrected chi connectivity index (χ1v) is 14.0. The molecule has 0 aliphatic rings. The molecule has 6 heteroatoms. The lowest BCUT2D eigenvalue weighted by Gasteiger charge is -2.25. The van der Waals surface area contributed by atoms with E-state index in [9.17, 15) is 5.11 Å². The highest BCUT2D eigenvalue weighted by molar-refractivity contribution is 5.34. The third-order valence-electron chi connectivity index (χ3n) is 6.49. The van der Waals surface area contributed by atoms with Crippen molar-refractivity contribution in [1.82, 2.24) is 9.78 Å². The summed E-state index contributed by atoms with van der Waals surface area (Å²) in [5, 5.41) is 15.3. The van der Waals surface area contributed by atoms with Crippen molar-refractivity contribution in [1.29, 1.82) is 0 Å². The summed E-state index contributed by atoms with van der Waals surface area (Å²) in [5.41, 5.74) is 6.13. The van der Waals surface area contributed by atoms with Crippen LogP contribution in [0.2, 0.25) is 0 Å². The van der Waals surface area contributed by atoms with Crippen LogP contribution in [-0.2, 0) is 33.5 Å². The summed E-state index contributed by atoms with van der Waals surface area (Å²) in [5.74, 6) is 0.953. The molecule has 0 bridgehead atoms. The second-order valence-corrected chi connectivity index (χ2v) is 10.8. The Morgan fingerprint density at radius 3 is 2.16 bits per heavy atom. The fraction of sp³-hybridized carbons (Fsp3) is 0.645. The molecule has 0 radical (unpaired) electrons. The molecule has 0 aliphatic carbocycles. The quantitative estimate of drug-likeness (QED) is 0.242. The summed E-state index contributed by atoms with van der Waals surface area (Å²) in [6.07, 6.45) is 3.06. The first kappa shape index (κ1) is 30.9. The van der Waals surface area contributed by atoms with Gasteiger partial charge in [0.1, 0.15) is 6.61 Å². The van der Waals surface area contributed by atoms with E-state index in [1.54, 1.807) is 0 Å². The van der Waals surface area contributed by atoms with Crippen LogP contribution in [0.1, 0.15) is 95.4 Å². The molecule has 1 aromatic heterocycles. The molecule has 6 nitrogen and oxygen atoms in total. The lowest BCUT2D eigenvalue weighted by molar-refractivity contribution is -0.0776. The number of aromatic nitrogens is 2. The summed E-state index contributed by atoms with van der Waals surface area (Å²) in [6, 6.07) is 9.25. The minimum atomic E-state index is -0.480. The lowest BCUT2D eigenvalue weighted by Crippen LogP contribution is -2.30. The van der Waals surface area contributed by atoms with Gasteiger partial charge in [-0.25, -0.2) is 0 Å². The standard InChI is InChI=1S/C31H50N2O4/c1-10-28(20-36-25(9)35-11-2)37-29(17-23(7)34)19-31-30(24(8)33(32-31)22(5)6)18-27-14-12-26(13-15-27)16-21(3)4/h12-15,21-23,28-29,34H,9-11,16-20H2,1-8H3/t23-,28-,29+/m0/s1. The molecule has 1 aromatic carbocycles.